The smallest absolute Gasteiger partial charge is 0.264 e. The van der Waals surface area contributed by atoms with E-state index in [1.165, 1.54) is 0 Å². The maximum Gasteiger partial charge on any atom is 0.264 e. The highest BCUT2D eigenvalue weighted by molar-refractivity contribution is 14.1. The first-order chi connectivity index (χ1) is 14.4. The quantitative estimate of drug-likeness (QED) is 0.293. The van der Waals surface area contributed by atoms with Crippen molar-refractivity contribution < 1.29 is 31.9 Å². The number of hydrogen-bond acceptors (Lipinski definition) is 7. The molecule has 1 N–H and O–H groups in total. The zero-order valence-corrected chi connectivity index (χ0v) is 19.4. The summed E-state index contributed by atoms with van der Waals surface area (Å²) in [5.41, 5.74) is 1.81. The van der Waals surface area contributed by atoms with Crippen molar-refractivity contribution in [3.8, 4) is 0 Å². The zero-order valence-electron chi connectivity index (χ0n) is 16.5. The van der Waals surface area contributed by atoms with Gasteiger partial charge < -0.3 is 19.3 Å². The minimum Gasteiger partial charge on any atom is -0.368 e. The van der Waals surface area contributed by atoms with Crippen LogP contribution in [0, 0.1) is 0 Å². The van der Waals surface area contributed by atoms with Crippen LogP contribution in [0.15, 0.2) is 60.7 Å². The first-order valence-corrected chi connectivity index (χ1v) is 12.8. The standard InChI is InChI=1S/C21H25IO7S/c1-30(24,25)29-18-17(12-22)28-21(23)20(27-14-16-10-6-3-7-11-16)19(18)26-13-15-8-4-2-5-9-15/h2-11,17-21,23H,12-14H2,1H3. The average Bonchev–Trinajstić information content (AvgIpc) is 2.73. The van der Waals surface area contributed by atoms with Crippen molar-refractivity contribution in [1.29, 1.82) is 0 Å². The Morgan fingerprint density at radius 1 is 0.900 bits per heavy atom. The van der Waals surface area contributed by atoms with Crippen LogP contribution < -0.4 is 0 Å². The van der Waals surface area contributed by atoms with Crippen molar-refractivity contribution in [2.24, 2.45) is 0 Å². The lowest BCUT2D eigenvalue weighted by molar-refractivity contribution is -0.293. The van der Waals surface area contributed by atoms with Gasteiger partial charge in [-0.15, -0.1) is 0 Å². The number of ether oxygens (including phenoxy) is 3. The Labute approximate surface area is 190 Å². The maximum atomic E-state index is 11.9. The molecule has 1 fully saturated rings. The summed E-state index contributed by atoms with van der Waals surface area (Å²) in [7, 11) is -3.79. The molecule has 0 aliphatic carbocycles. The van der Waals surface area contributed by atoms with Gasteiger partial charge in [-0.1, -0.05) is 83.3 Å². The third kappa shape index (κ3) is 6.71. The van der Waals surface area contributed by atoms with Gasteiger partial charge in [-0.3, -0.25) is 4.18 Å². The molecule has 5 atom stereocenters. The second kappa shape index (κ2) is 11.0. The highest BCUT2D eigenvalue weighted by atomic mass is 127. The summed E-state index contributed by atoms with van der Waals surface area (Å²) in [5, 5.41) is 10.6. The Bertz CT molecular complexity index is 879. The number of halogens is 1. The van der Waals surface area contributed by atoms with E-state index in [0.29, 0.717) is 4.43 Å². The number of aliphatic hydroxyl groups is 1. The lowest BCUT2D eigenvalue weighted by Crippen LogP contribution is -2.61. The van der Waals surface area contributed by atoms with E-state index in [2.05, 4.69) is 22.6 Å². The number of rotatable bonds is 9. The molecule has 1 saturated heterocycles. The summed E-state index contributed by atoms with van der Waals surface area (Å²) >= 11 is 2.06. The zero-order chi connectivity index (χ0) is 21.6. The highest BCUT2D eigenvalue weighted by Crippen LogP contribution is 2.30. The molecule has 0 saturated carbocycles. The Morgan fingerprint density at radius 3 is 1.87 bits per heavy atom. The van der Waals surface area contributed by atoms with Crippen molar-refractivity contribution in [3.05, 3.63) is 71.8 Å². The minimum atomic E-state index is -3.79. The van der Waals surface area contributed by atoms with Gasteiger partial charge in [0.15, 0.2) is 6.29 Å². The minimum absolute atomic E-state index is 0.206. The van der Waals surface area contributed by atoms with Crippen molar-refractivity contribution in [2.75, 3.05) is 10.7 Å². The molecule has 5 unspecified atom stereocenters. The van der Waals surface area contributed by atoms with E-state index in [9.17, 15) is 13.5 Å². The molecule has 1 aliphatic heterocycles. The Morgan fingerprint density at radius 2 is 1.40 bits per heavy atom. The summed E-state index contributed by atoms with van der Waals surface area (Å²) in [6.45, 7) is 0.415. The van der Waals surface area contributed by atoms with Crippen LogP contribution in [0.25, 0.3) is 0 Å². The fourth-order valence-corrected chi connectivity index (χ4v) is 4.58. The molecular weight excluding hydrogens is 523 g/mol. The second-order valence-corrected chi connectivity index (χ2v) is 9.49. The third-order valence-electron chi connectivity index (χ3n) is 4.62. The third-order valence-corrected chi connectivity index (χ3v) is 6.06. The molecule has 9 heteroatoms. The summed E-state index contributed by atoms with van der Waals surface area (Å²) in [4.78, 5) is 0. The lowest BCUT2D eigenvalue weighted by Gasteiger charge is -2.43. The van der Waals surface area contributed by atoms with Crippen LogP contribution in [0.4, 0.5) is 0 Å². The van der Waals surface area contributed by atoms with E-state index in [4.69, 9.17) is 18.4 Å². The predicted molar refractivity (Wildman–Crippen MR) is 120 cm³/mol. The summed E-state index contributed by atoms with van der Waals surface area (Å²) < 4.78 is 47.2. The number of benzene rings is 2. The van der Waals surface area contributed by atoms with Crippen LogP contribution in [-0.4, -0.2) is 54.9 Å². The van der Waals surface area contributed by atoms with E-state index >= 15 is 0 Å². The summed E-state index contributed by atoms with van der Waals surface area (Å²) in [6, 6.07) is 18.9. The van der Waals surface area contributed by atoms with Crippen LogP contribution in [0.2, 0.25) is 0 Å². The van der Waals surface area contributed by atoms with E-state index in [-0.39, 0.29) is 13.2 Å². The Kier molecular flexibility index (Phi) is 8.63. The molecule has 164 valence electrons. The molecule has 0 aromatic heterocycles. The van der Waals surface area contributed by atoms with Gasteiger partial charge >= 0.3 is 0 Å². The average molecular weight is 548 g/mol. The van der Waals surface area contributed by atoms with Crippen LogP contribution >= 0.6 is 22.6 Å². The first kappa shape index (κ1) is 23.6. The SMILES string of the molecule is CS(=O)(=O)OC1C(CI)OC(O)C(OCc2ccccc2)C1OCc1ccccc1. The van der Waals surface area contributed by atoms with E-state index in [0.717, 1.165) is 17.4 Å². The van der Waals surface area contributed by atoms with Gasteiger partial charge in [0.2, 0.25) is 0 Å². The molecule has 7 nitrogen and oxygen atoms in total. The molecule has 0 bridgehead atoms. The van der Waals surface area contributed by atoms with Crippen molar-refractivity contribution in [2.45, 2.75) is 43.9 Å². The summed E-state index contributed by atoms with van der Waals surface area (Å²) in [5.74, 6) is 0. The molecule has 30 heavy (non-hydrogen) atoms. The van der Waals surface area contributed by atoms with Crippen LogP contribution in [0.5, 0.6) is 0 Å². The molecule has 3 rings (SSSR count). The van der Waals surface area contributed by atoms with E-state index < -0.39 is 40.8 Å². The van der Waals surface area contributed by atoms with Gasteiger partial charge in [-0.05, 0) is 11.1 Å². The van der Waals surface area contributed by atoms with Crippen LogP contribution in [-0.2, 0) is 41.7 Å². The number of aliphatic hydroxyl groups excluding tert-OH is 1. The second-order valence-electron chi connectivity index (χ2n) is 7.01. The van der Waals surface area contributed by atoms with E-state index in [1.54, 1.807) is 0 Å². The fourth-order valence-electron chi connectivity index (χ4n) is 3.24. The largest absolute Gasteiger partial charge is 0.368 e. The van der Waals surface area contributed by atoms with Crippen molar-refractivity contribution in [1.82, 2.24) is 0 Å². The van der Waals surface area contributed by atoms with Gasteiger partial charge in [0, 0.05) is 4.43 Å². The fraction of sp³-hybridized carbons (Fsp3) is 0.429. The number of hydrogen-bond donors (Lipinski definition) is 1. The number of alkyl halides is 1. The van der Waals surface area contributed by atoms with Gasteiger partial charge in [0.25, 0.3) is 10.1 Å². The monoisotopic (exact) mass is 548 g/mol. The summed E-state index contributed by atoms with van der Waals surface area (Å²) in [6.07, 6.45) is -3.71. The normalized spacial score (nSPS) is 27.1. The van der Waals surface area contributed by atoms with Gasteiger partial charge in [0.05, 0.1) is 25.6 Å². The van der Waals surface area contributed by atoms with E-state index in [1.807, 2.05) is 60.7 Å². The molecule has 0 amide bonds. The van der Waals surface area contributed by atoms with Gasteiger partial charge in [-0.25, -0.2) is 0 Å². The molecule has 0 spiro atoms. The molecule has 1 heterocycles. The van der Waals surface area contributed by atoms with Gasteiger partial charge in [-0.2, -0.15) is 8.42 Å². The molecule has 2 aromatic carbocycles. The molecule has 0 radical (unpaired) electrons. The molecule has 1 aliphatic rings. The van der Waals surface area contributed by atoms with Crippen LogP contribution in [0.3, 0.4) is 0 Å². The topological polar surface area (TPSA) is 91.3 Å². The molecular formula is C21H25IO7S. The van der Waals surface area contributed by atoms with Gasteiger partial charge in [0.1, 0.15) is 18.3 Å². The Hall–Kier alpha value is -1.08. The highest BCUT2D eigenvalue weighted by Gasteiger charge is 2.48. The molecule has 2 aromatic rings. The maximum absolute atomic E-state index is 11.9. The lowest BCUT2D eigenvalue weighted by atomic mass is 9.99. The van der Waals surface area contributed by atoms with Crippen molar-refractivity contribution in [3.63, 3.8) is 0 Å². The van der Waals surface area contributed by atoms with Crippen molar-refractivity contribution >= 4 is 32.7 Å². The predicted octanol–water partition coefficient (Wildman–Crippen LogP) is 2.65. The Balaban J connectivity index is 1.83. The van der Waals surface area contributed by atoms with Crippen LogP contribution in [0.1, 0.15) is 11.1 Å². The first-order valence-electron chi connectivity index (χ1n) is 9.46.